The molecule has 1 saturated heterocycles. The highest BCUT2D eigenvalue weighted by atomic mass is 79.9. The summed E-state index contributed by atoms with van der Waals surface area (Å²) < 4.78 is 0.950. The highest BCUT2D eigenvalue weighted by molar-refractivity contribution is 5.86. The summed E-state index contributed by atoms with van der Waals surface area (Å²) >= 11 is 0. The number of carbonyl (C=O) groups excluding carboxylic acids is 1. The van der Waals surface area contributed by atoms with Crippen LogP contribution in [0, 0.1) is 0 Å². The molecule has 0 spiro atoms. The van der Waals surface area contributed by atoms with Crippen LogP contribution in [0.1, 0.15) is 17.9 Å². The Morgan fingerprint density at radius 2 is 1.81 bits per heavy atom. The van der Waals surface area contributed by atoms with Crippen LogP contribution in [0.15, 0.2) is 30.3 Å². The average molecular weight is 284 g/mol. The Kier molecular flexibility index (Phi) is 4.28. The maximum atomic E-state index is 11.9. The number of halogens is 1. The molecule has 3 heteroatoms. The molecule has 0 radical (unpaired) electrons. The molecule has 0 amide bonds. The molecule has 0 aliphatic carbocycles. The molecule has 16 heavy (non-hydrogen) atoms. The van der Waals surface area contributed by atoms with Gasteiger partial charge in [0.15, 0.2) is 5.78 Å². The molecular formula is C13H18BrNO. The SMILES string of the molecule is C[N+]1(C)CCC(=O)C(c2ccccc2)C1.[Br-]. The third-order valence-corrected chi connectivity index (χ3v) is 3.23. The zero-order valence-electron chi connectivity index (χ0n) is 9.82. The number of nitrogens with zero attached hydrogens (tertiary/aromatic N) is 1. The molecule has 1 aliphatic rings. The number of Topliss-reactive ketones (excluding diaryl/α,β-unsaturated/α-hetero) is 1. The van der Waals surface area contributed by atoms with Crippen molar-refractivity contribution in [1.82, 2.24) is 0 Å². The predicted molar refractivity (Wildman–Crippen MR) is 60.6 cm³/mol. The number of hydrogen-bond donors (Lipinski definition) is 0. The maximum Gasteiger partial charge on any atom is 0.151 e. The predicted octanol–water partition coefficient (Wildman–Crippen LogP) is -1.18. The highest BCUT2D eigenvalue weighted by Crippen LogP contribution is 2.25. The monoisotopic (exact) mass is 283 g/mol. The number of quaternary nitrogens is 1. The van der Waals surface area contributed by atoms with Gasteiger partial charge in [-0.05, 0) is 5.56 Å². The fourth-order valence-corrected chi connectivity index (χ4v) is 2.25. The first-order valence-electron chi connectivity index (χ1n) is 5.48. The number of likely N-dealkylation sites (tertiary alicyclic amines) is 1. The lowest BCUT2D eigenvalue weighted by Gasteiger charge is -2.37. The van der Waals surface area contributed by atoms with E-state index in [2.05, 4.69) is 26.2 Å². The van der Waals surface area contributed by atoms with Gasteiger partial charge < -0.3 is 21.5 Å². The molecule has 0 aromatic heterocycles. The van der Waals surface area contributed by atoms with Crippen molar-refractivity contribution in [3.63, 3.8) is 0 Å². The van der Waals surface area contributed by atoms with Crippen LogP contribution in [0.5, 0.6) is 0 Å². The molecule has 88 valence electrons. The summed E-state index contributed by atoms with van der Waals surface area (Å²) in [5, 5.41) is 0. The largest absolute Gasteiger partial charge is 1.00 e. The Bertz CT molecular complexity index is 361. The van der Waals surface area contributed by atoms with Crippen LogP contribution in [0.3, 0.4) is 0 Å². The van der Waals surface area contributed by atoms with Gasteiger partial charge in [-0.2, -0.15) is 0 Å². The molecule has 2 rings (SSSR count). The Balaban J connectivity index is 0.00000128. The van der Waals surface area contributed by atoms with Crippen molar-refractivity contribution < 1.29 is 26.3 Å². The van der Waals surface area contributed by atoms with E-state index in [0.29, 0.717) is 12.2 Å². The molecule has 2 nitrogen and oxygen atoms in total. The van der Waals surface area contributed by atoms with E-state index in [4.69, 9.17) is 0 Å². The van der Waals surface area contributed by atoms with Crippen LogP contribution >= 0.6 is 0 Å². The van der Waals surface area contributed by atoms with Gasteiger partial charge in [0.2, 0.25) is 0 Å². The van der Waals surface area contributed by atoms with E-state index in [-0.39, 0.29) is 22.9 Å². The van der Waals surface area contributed by atoms with Crippen LogP contribution in [-0.2, 0) is 4.79 Å². The lowest BCUT2D eigenvalue weighted by Crippen LogP contribution is -3.00. The summed E-state index contributed by atoms with van der Waals surface area (Å²) in [7, 11) is 4.39. The fraction of sp³-hybridized carbons (Fsp3) is 0.462. The van der Waals surface area contributed by atoms with Gasteiger partial charge in [-0.25, -0.2) is 0 Å². The minimum atomic E-state index is 0. The van der Waals surface area contributed by atoms with Crippen LogP contribution < -0.4 is 17.0 Å². The van der Waals surface area contributed by atoms with Gasteiger partial charge in [-0.15, -0.1) is 0 Å². The molecule has 1 aromatic carbocycles. The number of rotatable bonds is 1. The lowest BCUT2D eigenvalue weighted by atomic mass is 9.88. The van der Waals surface area contributed by atoms with Gasteiger partial charge in [-0.3, -0.25) is 4.79 Å². The normalized spacial score (nSPS) is 23.6. The van der Waals surface area contributed by atoms with Gasteiger partial charge >= 0.3 is 0 Å². The number of carbonyl (C=O) groups is 1. The van der Waals surface area contributed by atoms with Crippen molar-refractivity contribution in [2.75, 3.05) is 27.2 Å². The van der Waals surface area contributed by atoms with Crippen molar-refractivity contribution in [1.29, 1.82) is 0 Å². The molecule has 1 aliphatic heterocycles. The van der Waals surface area contributed by atoms with Crippen molar-refractivity contribution in [3.05, 3.63) is 35.9 Å². The summed E-state index contributed by atoms with van der Waals surface area (Å²) in [6.45, 7) is 1.91. The summed E-state index contributed by atoms with van der Waals surface area (Å²) in [4.78, 5) is 11.9. The van der Waals surface area contributed by atoms with E-state index < -0.39 is 0 Å². The van der Waals surface area contributed by atoms with Gasteiger partial charge in [0.25, 0.3) is 0 Å². The standard InChI is InChI=1S/C13H18NO.BrH/c1-14(2)9-8-13(15)12(10-14)11-6-4-3-5-7-11;/h3-7,12H,8-10H2,1-2H3;1H/q+1;/p-1. The van der Waals surface area contributed by atoms with Crippen molar-refractivity contribution in [2.45, 2.75) is 12.3 Å². The summed E-state index contributed by atoms with van der Waals surface area (Å²) in [6.07, 6.45) is 0.715. The van der Waals surface area contributed by atoms with E-state index in [1.165, 1.54) is 5.56 Å². The van der Waals surface area contributed by atoms with E-state index in [0.717, 1.165) is 17.6 Å². The number of benzene rings is 1. The molecule has 0 bridgehead atoms. The number of piperidine rings is 1. The van der Waals surface area contributed by atoms with Crippen molar-refractivity contribution in [2.24, 2.45) is 0 Å². The minimum Gasteiger partial charge on any atom is -1.00 e. The number of ketones is 1. The fourth-order valence-electron chi connectivity index (χ4n) is 2.25. The first-order valence-corrected chi connectivity index (χ1v) is 5.48. The molecule has 1 unspecified atom stereocenters. The average Bonchev–Trinajstić information content (AvgIpc) is 2.23. The zero-order valence-corrected chi connectivity index (χ0v) is 11.4. The second-order valence-corrected chi connectivity index (χ2v) is 5.02. The maximum absolute atomic E-state index is 11.9. The Morgan fingerprint density at radius 1 is 1.19 bits per heavy atom. The molecule has 1 heterocycles. The quantitative estimate of drug-likeness (QED) is 0.594. The molecule has 0 saturated carbocycles. The molecular weight excluding hydrogens is 266 g/mol. The summed E-state index contributed by atoms with van der Waals surface area (Å²) in [5.74, 6) is 0.508. The second kappa shape index (κ2) is 5.11. The van der Waals surface area contributed by atoms with E-state index in [1.54, 1.807) is 0 Å². The first-order chi connectivity index (χ1) is 7.08. The smallest absolute Gasteiger partial charge is 0.151 e. The first kappa shape index (κ1) is 13.4. The van der Waals surface area contributed by atoms with Gasteiger partial charge in [0.05, 0.1) is 39.5 Å². The van der Waals surface area contributed by atoms with E-state index in [9.17, 15) is 4.79 Å². The molecule has 0 N–H and O–H groups in total. The van der Waals surface area contributed by atoms with Crippen LogP contribution in [-0.4, -0.2) is 37.5 Å². The summed E-state index contributed by atoms with van der Waals surface area (Å²) in [6, 6.07) is 10.1. The Labute approximate surface area is 108 Å². The molecule has 1 fully saturated rings. The van der Waals surface area contributed by atoms with Gasteiger partial charge in [-0.1, -0.05) is 30.3 Å². The highest BCUT2D eigenvalue weighted by Gasteiger charge is 2.34. The zero-order chi connectivity index (χ0) is 10.9. The lowest BCUT2D eigenvalue weighted by molar-refractivity contribution is -0.892. The molecule has 1 atom stereocenters. The second-order valence-electron chi connectivity index (χ2n) is 5.02. The Hall–Kier alpha value is -0.670. The minimum absolute atomic E-state index is 0. The van der Waals surface area contributed by atoms with Crippen LogP contribution in [0.2, 0.25) is 0 Å². The van der Waals surface area contributed by atoms with E-state index in [1.807, 2.05) is 18.2 Å². The Morgan fingerprint density at radius 3 is 2.44 bits per heavy atom. The third-order valence-electron chi connectivity index (χ3n) is 3.23. The third kappa shape index (κ3) is 2.92. The van der Waals surface area contributed by atoms with Gasteiger partial charge in [0, 0.05) is 0 Å². The number of likely N-dealkylation sites (N-methyl/N-ethyl adjacent to an activating group) is 1. The number of hydrogen-bond acceptors (Lipinski definition) is 1. The van der Waals surface area contributed by atoms with Crippen LogP contribution in [0.4, 0.5) is 0 Å². The van der Waals surface area contributed by atoms with Crippen molar-refractivity contribution >= 4 is 5.78 Å². The van der Waals surface area contributed by atoms with Gasteiger partial charge in [0.1, 0.15) is 0 Å². The van der Waals surface area contributed by atoms with Crippen molar-refractivity contribution in [3.8, 4) is 0 Å². The van der Waals surface area contributed by atoms with Crippen LogP contribution in [0.25, 0.3) is 0 Å². The topological polar surface area (TPSA) is 17.1 Å². The molecule has 1 aromatic rings. The van der Waals surface area contributed by atoms with E-state index >= 15 is 0 Å². The summed E-state index contributed by atoms with van der Waals surface area (Å²) in [5.41, 5.74) is 1.17.